The van der Waals surface area contributed by atoms with Crippen molar-refractivity contribution in [1.82, 2.24) is 0 Å². The van der Waals surface area contributed by atoms with Gasteiger partial charge in [-0.05, 0) is 80.1 Å². The molecule has 4 rings (SSSR count). The molecule has 4 aliphatic carbocycles. The minimum absolute atomic E-state index is 0.181. The molecule has 0 amide bonds. The van der Waals surface area contributed by atoms with E-state index in [-0.39, 0.29) is 6.79 Å². The van der Waals surface area contributed by atoms with Gasteiger partial charge in [0, 0.05) is 6.42 Å². The molecule has 0 spiro atoms. The van der Waals surface area contributed by atoms with E-state index in [0.29, 0.717) is 5.41 Å². The van der Waals surface area contributed by atoms with Crippen LogP contribution in [-0.4, -0.2) is 11.9 Å². The van der Waals surface area contributed by atoms with Gasteiger partial charge in [0.05, 0.1) is 5.76 Å². The molecule has 0 aliphatic heterocycles. The molecule has 0 aromatic carbocycles. The number of hydrogen-bond acceptors (Lipinski definition) is 2. The molecule has 0 bridgehead atoms. The average Bonchev–Trinajstić information content (AvgIpc) is 2.91. The topological polar surface area (TPSA) is 29.5 Å². The normalized spacial score (nSPS) is 42.7. The van der Waals surface area contributed by atoms with Gasteiger partial charge in [0.15, 0.2) is 6.79 Å². The predicted octanol–water partition coefficient (Wildman–Crippen LogP) is 5.19. The second-order valence-corrected chi connectivity index (χ2v) is 8.60. The first-order valence-electron chi connectivity index (χ1n) is 9.80. The van der Waals surface area contributed by atoms with Crippen LogP contribution < -0.4 is 0 Å². The van der Waals surface area contributed by atoms with Crippen LogP contribution in [0, 0.1) is 29.1 Å². The Morgan fingerprint density at radius 2 is 2.13 bits per heavy atom. The van der Waals surface area contributed by atoms with E-state index in [1.165, 1.54) is 44.9 Å². The molecule has 4 aliphatic rings. The molecule has 0 heterocycles. The highest BCUT2D eigenvalue weighted by Crippen LogP contribution is 2.63. The zero-order chi connectivity index (χ0) is 16.0. The maximum absolute atomic E-state index is 9.00. The largest absolute Gasteiger partial charge is 0.472 e. The fraction of sp³-hybridized carbons (Fsp3) is 0.810. The SMILES string of the molecule is CC[C@H]1CC[C@H]2[C@@H]3CCC4=C(CC=C(OCO)C4)[C@H]3CC[C@]12C. The maximum atomic E-state index is 9.00. The van der Waals surface area contributed by atoms with Crippen molar-refractivity contribution in [3.63, 3.8) is 0 Å². The lowest BCUT2D eigenvalue weighted by Gasteiger charge is -2.52. The predicted molar refractivity (Wildman–Crippen MR) is 92.6 cm³/mol. The van der Waals surface area contributed by atoms with Crippen molar-refractivity contribution in [3.05, 3.63) is 23.0 Å². The smallest absolute Gasteiger partial charge is 0.185 e. The van der Waals surface area contributed by atoms with Crippen molar-refractivity contribution in [1.29, 1.82) is 0 Å². The van der Waals surface area contributed by atoms with Crippen LogP contribution in [0.3, 0.4) is 0 Å². The molecule has 0 unspecified atom stereocenters. The van der Waals surface area contributed by atoms with E-state index in [1.54, 1.807) is 11.1 Å². The molecule has 2 saturated carbocycles. The minimum Gasteiger partial charge on any atom is -0.472 e. The lowest BCUT2D eigenvalue weighted by atomic mass is 9.53. The number of allylic oxidation sites excluding steroid dienone is 3. The van der Waals surface area contributed by atoms with Gasteiger partial charge in [0.2, 0.25) is 0 Å². The van der Waals surface area contributed by atoms with Gasteiger partial charge in [-0.2, -0.15) is 0 Å². The van der Waals surface area contributed by atoms with E-state index in [9.17, 15) is 0 Å². The molecule has 5 atom stereocenters. The van der Waals surface area contributed by atoms with Crippen LogP contribution in [0.1, 0.15) is 71.6 Å². The Hall–Kier alpha value is -0.760. The third kappa shape index (κ3) is 2.40. The van der Waals surface area contributed by atoms with Gasteiger partial charge in [-0.3, -0.25) is 0 Å². The van der Waals surface area contributed by atoms with Crippen molar-refractivity contribution in [2.75, 3.05) is 6.79 Å². The molecule has 0 radical (unpaired) electrons. The van der Waals surface area contributed by atoms with Gasteiger partial charge >= 0.3 is 0 Å². The Bertz CT molecular complexity index is 532. The quantitative estimate of drug-likeness (QED) is 0.573. The van der Waals surface area contributed by atoms with Crippen molar-refractivity contribution >= 4 is 0 Å². The zero-order valence-electron chi connectivity index (χ0n) is 14.8. The Morgan fingerprint density at radius 3 is 2.91 bits per heavy atom. The highest BCUT2D eigenvalue weighted by molar-refractivity contribution is 5.32. The Morgan fingerprint density at radius 1 is 1.26 bits per heavy atom. The Labute approximate surface area is 141 Å². The van der Waals surface area contributed by atoms with Gasteiger partial charge in [-0.25, -0.2) is 0 Å². The van der Waals surface area contributed by atoms with E-state index >= 15 is 0 Å². The van der Waals surface area contributed by atoms with Crippen LogP contribution in [0.5, 0.6) is 0 Å². The van der Waals surface area contributed by atoms with Crippen LogP contribution in [0.2, 0.25) is 0 Å². The molecule has 2 heteroatoms. The molecule has 23 heavy (non-hydrogen) atoms. The Kier molecular flexibility index (Phi) is 4.07. The molecule has 0 aromatic heterocycles. The lowest BCUT2D eigenvalue weighted by Crippen LogP contribution is -2.43. The summed E-state index contributed by atoms with van der Waals surface area (Å²) in [6.45, 7) is 4.84. The summed E-state index contributed by atoms with van der Waals surface area (Å²) < 4.78 is 5.36. The van der Waals surface area contributed by atoms with E-state index < -0.39 is 0 Å². The van der Waals surface area contributed by atoms with Gasteiger partial charge in [-0.15, -0.1) is 0 Å². The van der Waals surface area contributed by atoms with Crippen LogP contribution in [-0.2, 0) is 4.74 Å². The molecule has 1 N–H and O–H groups in total. The summed E-state index contributed by atoms with van der Waals surface area (Å²) in [5.74, 6) is 4.73. The van der Waals surface area contributed by atoms with Gasteiger partial charge in [-0.1, -0.05) is 31.4 Å². The van der Waals surface area contributed by atoms with Crippen LogP contribution in [0.25, 0.3) is 0 Å². The van der Waals surface area contributed by atoms with Gasteiger partial charge < -0.3 is 9.84 Å². The number of ether oxygens (including phenoxy) is 1. The summed E-state index contributed by atoms with van der Waals surface area (Å²) in [5.41, 5.74) is 4.03. The minimum atomic E-state index is -0.181. The number of aliphatic hydroxyl groups is 1. The molecular weight excluding hydrogens is 284 g/mol. The van der Waals surface area contributed by atoms with Crippen LogP contribution >= 0.6 is 0 Å². The summed E-state index contributed by atoms with van der Waals surface area (Å²) in [6, 6.07) is 0. The first-order chi connectivity index (χ1) is 11.2. The van der Waals surface area contributed by atoms with E-state index in [0.717, 1.165) is 42.3 Å². The lowest BCUT2D eigenvalue weighted by molar-refractivity contribution is 0.0113. The number of aliphatic hydroxyl groups excluding tert-OH is 1. The number of rotatable bonds is 3. The zero-order valence-corrected chi connectivity index (χ0v) is 14.8. The number of hydrogen-bond donors (Lipinski definition) is 1. The molecule has 0 aromatic rings. The van der Waals surface area contributed by atoms with Crippen LogP contribution in [0.15, 0.2) is 23.0 Å². The summed E-state index contributed by atoms with van der Waals surface area (Å²) in [7, 11) is 0. The Balaban J connectivity index is 1.55. The first-order valence-corrected chi connectivity index (χ1v) is 9.80. The summed E-state index contributed by atoms with van der Waals surface area (Å²) in [6.07, 6.45) is 14.1. The van der Waals surface area contributed by atoms with Crippen LogP contribution in [0.4, 0.5) is 0 Å². The van der Waals surface area contributed by atoms with Crippen molar-refractivity contribution in [2.24, 2.45) is 29.1 Å². The first kappa shape index (κ1) is 15.7. The second-order valence-electron chi connectivity index (χ2n) is 8.60. The molecule has 0 saturated heterocycles. The fourth-order valence-corrected chi connectivity index (χ4v) is 6.86. The molecule has 2 nitrogen and oxygen atoms in total. The van der Waals surface area contributed by atoms with Gasteiger partial charge in [0.1, 0.15) is 0 Å². The molecule has 2 fully saturated rings. The number of fused-ring (bicyclic) bond motifs is 4. The molecule has 128 valence electrons. The average molecular weight is 316 g/mol. The van der Waals surface area contributed by atoms with Crippen molar-refractivity contribution in [2.45, 2.75) is 71.6 Å². The third-order valence-electron chi connectivity index (χ3n) is 7.99. The summed E-state index contributed by atoms with van der Waals surface area (Å²) in [5, 5.41) is 9.00. The van der Waals surface area contributed by atoms with E-state index in [4.69, 9.17) is 9.84 Å². The van der Waals surface area contributed by atoms with Gasteiger partial charge in [0.25, 0.3) is 0 Å². The van der Waals surface area contributed by atoms with Crippen molar-refractivity contribution < 1.29 is 9.84 Å². The fourth-order valence-electron chi connectivity index (χ4n) is 6.86. The van der Waals surface area contributed by atoms with E-state index in [2.05, 4.69) is 19.9 Å². The maximum Gasteiger partial charge on any atom is 0.185 e. The summed E-state index contributed by atoms with van der Waals surface area (Å²) in [4.78, 5) is 0. The monoisotopic (exact) mass is 316 g/mol. The van der Waals surface area contributed by atoms with E-state index in [1.807, 2.05) is 0 Å². The highest BCUT2D eigenvalue weighted by Gasteiger charge is 2.54. The van der Waals surface area contributed by atoms with Crippen molar-refractivity contribution in [3.8, 4) is 0 Å². The second kappa shape index (κ2) is 5.95. The standard InChI is InChI=1S/C21H32O2/c1-3-15-5-9-20-19-7-4-14-12-16(23-13-22)6-8-17(14)18(19)10-11-21(15,20)2/h6,15,18-20,22H,3-5,7-13H2,1-2H3/t15-,18+,19+,20-,21+/m0/s1. The highest BCUT2D eigenvalue weighted by atomic mass is 16.6. The third-order valence-corrected chi connectivity index (χ3v) is 7.99. The molecular formula is C21H32O2. The summed E-state index contributed by atoms with van der Waals surface area (Å²) >= 11 is 0.